The van der Waals surface area contributed by atoms with Gasteiger partial charge in [0.15, 0.2) is 0 Å². The third-order valence-corrected chi connectivity index (χ3v) is 6.82. The molecule has 0 radical (unpaired) electrons. The third kappa shape index (κ3) is 3.06. The first-order valence-corrected chi connectivity index (χ1v) is 8.82. The Morgan fingerprint density at radius 3 is 2.83 bits per heavy atom. The highest BCUT2D eigenvalue weighted by Gasteiger charge is 2.32. The van der Waals surface area contributed by atoms with Crippen molar-refractivity contribution in [1.29, 1.82) is 0 Å². The quantitative estimate of drug-likeness (QED) is 0.901. The zero-order chi connectivity index (χ0) is 13.0. The van der Waals surface area contributed by atoms with Gasteiger partial charge in [0, 0.05) is 46.4 Å². The summed E-state index contributed by atoms with van der Waals surface area (Å²) in [5.41, 5.74) is 1.33. The minimum absolute atomic E-state index is 0.424. The van der Waals surface area contributed by atoms with Crippen LogP contribution in [0.25, 0.3) is 0 Å². The molecule has 0 aliphatic carbocycles. The molecule has 2 rings (SSSR count). The van der Waals surface area contributed by atoms with Crippen molar-refractivity contribution >= 4 is 23.5 Å². The molecule has 1 fully saturated rings. The maximum atomic E-state index is 4.41. The highest BCUT2D eigenvalue weighted by atomic mass is 32.2. The van der Waals surface area contributed by atoms with Gasteiger partial charge in [-0.3, -0.25) is 4.68 Å². The Hall–Kier alpha value is -0.130. The second-order valence-electron chi connectivity index (χ2n) is 4.55. The fraction of sp³-hybridized carbons (Fsp3) is 0.769. The van der Waals surface area contributed by atoms with E-state index in [1.165, 1.54) is 23.5 Å². The zero-order valence-corrected chi connectivity index (χ0v) is 13.1. The van der Waals surface area contributed by atoms with Crippen molar-refractivity contribution in [2.45, 2.75) is 43.4 Å². The predicted octanol–water partition coefficient (Wildman–Crippen LogP) is 2.79. The van der Waals surface area contributed by atoms with Crippen LogP contribution in [0.15, 0.2) is 12.4 Å². The first kappa shape index (κ1) is 14.3. The van der Waals surface area contributed by atoms with Crippen molar-refractivity contribution in [3.05, 3.63) is 18.0 Å². The summed E-state index contributed by atoms with van der Waals surface area (Å²) in [6, 6.07) is 0.424. The maximum absolute atomic E-state index is 4.41. The van der Waals surface area contributed by atoms with E-state index in [0.29, 0.717) is 11.3 Å². The number of hydrogen-bond donors (Lipinski definition) is 1. The number of hydrogen-bond acceptors (Lipinski definition) is 4. The molecule has 1 aliphatic rings. The second-order valence-corrected chi connectivity index (χ2v) is 7.18. The SMILES string of the molecule is CCC1SCCSC1C(NC)c1cnn(CC)c1. The average molecular weight is 285 g/mol. The Morgan fingerprint density at radius 2 is 2.22 bits per heavy atom. The van der Waals surface area contributed by atoms with Crippen molar-refractivity contribution in [2.75, 3.05) is 18.6 Å². The molecule has 3 atom stereocenters. The minimum Gasteiger partial charge on any atom is -0.312 e. The molecule has 1 aromatic heterocycles. The lowest BCUT2D eigenvalue weighted by Crippen LogP contribution is -2.37. The molecule has 0 saturated carbocycles. The van der Waals surface area contributed by atoms with Crippen molar-refractivity contribution in [1.82, 2.24) is 15.1 Å². The minimum atomic E-state index is 0.424. The van der Waals surface area contributed by atoms with Crippen LogP contribution >= 0.6 is 23.5 Å². The van der Waals surface area contributed by atoms with E-state index in [0.717, 1.165) is 11.8 Å². The van der Waals surface area contributed by atoms with E-state index in [4.69, 9.17) is 0 Å². The topological polar surface area (TPSA) is 29.9 Å². The van der Waals surface area contributed by atoms with Gasteiger partial charge in [-0.05, 0) is 20.4 Å². The number of rotatable bonds is 5. The van der Waals surface area contributed by atoms with E-state index in [-0.39, 0.29) is 0 Å². The summed E-state index contributed by atoms with van der Waals surface area (Å²) in [6.07, 6.45) is 5.47. The lowest BCUT2D eigenvalue weighted by Gasteiger charge is -2.35. The number of aryl methyl sites for hydroxylation is 1. The second kappa shape index (κ2) is 6.87. The standard InChI is InChI=1S/C13H23N3S2/c1-4-11-13(18-7-6-17-11)12(14-3)10-8-15-16(5-2)9-10/h8-9,11-14H,4-7H2,1-3H3. The zero-order valence-electron chi connectivity index (χ0n) is 11.4. The van der Waals surface area contributed by atoms with Gasteiger partial charge < -0.3 is 5.32 Å². The number of nitrogens with one attached hydrogen (secondary N) is 1. The Bertz CT molecular complexity index is 367. The molecule has 1 aliphatic heterocycles. The first-order chi connectivity index (χ1) is 8.80. The third-order valence-electron chi connectivity index (χ3n) is 3.47. The van der Waals surface area contributed by atoms with Crippen molar-refractivity contribution < 1.29 is 0 Å². The summed E-state index contributed by atoms with van der Waals surface area (Å²) >= 11 is 4.25. The molecule has 1 aromatic rings. The molecule has 0 bridgehead atoms. The maximum Gasteiger partial charge on any atom is 0.0538 e. The van der Waals surface area contributed by atoms with Crippen molar-refractivity contribution in [2.24, 2.45) is 0 Å². The fourth-order valence-electron chi connectivity index (χ4n) is 2.48. The molecule has 18 heavy (non-hydrogen) atoms. The molecule has 3 nitrogen and oxygen atoms in total. The van der Waals surface area contributed by atoms with Gasteiger partial charge in [-0.15, -0.1) is 0 Å². The summed E-state index contributed by atoms with van der Waals surface area (Å²) in [7, 11) is 2.07. The molecular weight excluding hydrogens is 262 g/mol. The van der Waals surface area contributed by atoms with Crippen LogP contribution < -0.4 is 5.32 Å². The Morgan fingerprint density at radius 1 is 1.44 bits per heavy atom. The highest BCUT2D eigenvalue weighted by Crippen LogP contribution is 2.39. The number of nitrogens with zero attached hydrogens (tertiary/aromatic N) is 2. The lowest BCUT2D eigenvalue weighted by molar-refractivity contribution is 0.542. The average Bonchev–Trinajstić information content (AvgIpc) is 2.89. The molecular formula is C13H23N3S2. The highest BCUT2D eigenvalue weighted by molar-refractivity contribution is 8.07. The Balaban J connectivity index is 2.15. The summed E-state index contributed by atoms with van der Waals surface area (Å²) in [5.74, 6) is 2.57. The van der Waals surface area contributed by atoms with Gasteiger partial charge in [0.25, 0.3) is 0 Å². The van der Waals surface area contributed by atoms with Crippen molar-refractivity contribution in [3.8, 4) is 0 Å². The molecule has 0 spiro atoms. The summed E-state index contributed by atoms with van der Waals surface area (Å²) in [5, 5.41) is 9.33. The molecule has 0 amide bonds. The molecule has 3 unspecified atom stereocenters. The molecule has 5 heteroatoms. The van der Waals surface area contributed by atoms with Gasteiger partial charge >= 0.3 is 0 Å². The smallest absolute Gasteiger partial charge is 0.0538 e. The van der Waals surface area contributed by atoms with E-state index >= 15 is 0 Å². The van der Waals surface area contributed by atoms with E-state index in [1.54, 1.807) is 0 Å². The fourth-order valence-corrected chi connectivity index (χ4v) is 5.77. The van der Waals surface area contributed by atoms with E-state index in [1.807, 2.05) is 10.9 Å². The van der Waals surface area contributed by atoms with Crippen molar-refractivity contribution in [3.63, 3.8) is 0 Å². The Kier molecular flexibility index (Phi) is 5.45. The van der Waals surface area contributed by atoms with Gasteiger partial charge in [0.1, 0.15) is 0 Å². The van der Waals surface area contributed by atoms with E-state index in [2.05, 4.69) is 61.0 Å². The van der Waals surface area contributed by atoms with Gasteiger partial charge in [-0.1, -0.05) is 6.92 Å². The monoisotopic (exact) mass is 285 g/mol. The molecule has 1 saturated heterocycles. The molecule has 2 heterocycles. The summed E-state index contributed by atoms with van der Waals surface area (Å²) in [4.78, 5) is 0. The van der Waals surface area contributed by atoms with Gasteiger partial charge in [-0.2, -0.15) is 28.6 Å². The lowest BCUT2D eigenvalue weighted by atomic mass is 10.0. The summed E-state index contributed by atoms with van der Waals surface area (Å²) < 4.78 is 2.02. The largest absolute Gasteiger partial charge is 0.312 e. The summed E-state index contributed by atoms with van der Waals surface area (Å²) in [6.45, 7) is 5.38. The first-order valence-electron chi connectivity index (χ1n) is 6.73. The number of aromatic nitrogens is 2. The Labute approximate surface area is 118 Å². The van der Waals surface area contributed by atoms with E-state index in [9.17, 15) is 0 Å². The molecule has 0 aromatic carbocycles. The van der Waals surface area contributed by atoms with Crippen LogP contribution in [0.3, 0.4) is 0 Å². The van der Waals surface area contributed by atoms with Gasteiger partial charge in [-0.25, -0.2) is 0 Å². The van der Waals surface area contributed by atoms with Crippen LogP contribution in [-0.4, -0.2) is 38.8 Å². The van der Waals surface area contributed by atoms with Crippen LogP contribution in [-0.2, 0) is 6.54 Å². The van der Waals surface area contributed by atoms with Crippen LogP contribution in [0.4, 0.5) is 0 Å². The van der Waals surface area contributed by atoms with Crippen LogP contribution in [0, 0.1) is 0 Å². The predicted molar refractivity (Wildman–Crippen MR) is 82.5 cm³/mol. The van der Waals surface area contributed by atoms with Crippen LogP contribution in [0.2, 0.25) is 0 Å². The van der Waals surface area contributed by atoms with Gasteiger partial charge in [0.05, 0.1) is 6.20 Å². The molecule has 1 N–H and O–H groups in total. The van der Waals surface area contributed by atoms with Crippen LogP contribution in [0.1, 0.15) is 31.9 Å². The van der Waals surface area contributed by atoms with Gasteiger partial charge in [0.2, 0.25) is 0 Å². The normalized spacial score (nSPS) is 26.2. The molecule has 102 valence electrons. The van der Waals surface area contributed by atoms with E-state index < -0.39 is 0 Å². The number of thioether (sulfide) groups is 2. The van der Waals surface area contributed by atoms with Crippen LogP contribution in [0.5, 0.6) is 0 Å².